The van der Waals surface area contributed by atoms with E-state index in [-0.39, 0.29) is 35.3 Å². The number of nitrogens with one attached hydrogen (secondary N) is 2. The van der Waals surface area contributed by atoms with Gasteiger partial charge in [-0.25, -0.2) is 4.98 Å². The SMILES string of the molecule is CN=C(NCc1ccc(C(=O)N(C)C)cc1)NCc1nc(C(C)(C)C)cs1.I. The second-order valence-corrected chi connectivity index (χ2v) is 8.49. The monoisotopic (exact) mass is 515 g/mol. The van der Waals surface area contributed by atoms with Crippen molar-refractivity contribution in [2.24, 2.45) is 4.99 Å². The van der Waals surface area contributed by atoms with Gasteiger partial charge in [0.15, 0.2) is 5.96 Å². The van der Waals surface area contributed by atoms with Crippen LogP contribution in [0.4, 0.5) is 0 Å². The topological polar surface area (TPSA) is 69.6 Å². The van der Waals surface area contributed by atoms with Crippen molar-refractivity contribution in [2.45, 2.75) is 39.3 Å². The lowest BCUT2D eigenvalue weighted by atomic mass is 9.93. The zero-order valence-corrected chi connectivity index (χ0v) is 20.5. The van der Waals surface area contributed by atoms with E-state index < -0.39 is 0 Å². The average molecular weight is 515 g/mol. The summed E-state index contributed by atoms with van der Waals surface area (Å²) in [6, 6.07) is 7.60. The van der Waals surface area contributed by atoms with Gasteiger partial charge in [-0.05, 0) is 17.7 Å². The molecule has 0 saturated carbocycles. The largest absolute Gasteiger partial charge is 0.352 e. The number of aliphatic imine (C=N–C) groups is 1. The number of amides is 1. The first-order valence-electron chi connectivity index (χ1n) is 8.90. The minimum absolute atomic E-state index is 0. The van der Waals surface area contributed by atoms with Crippen LogP contribution in [0.15, 0.2) is 34.6 Å². The maximum Gasteiger partial charge on any atom is 0.253 e. The number of thiazole rings is 1. The standard InChI is InChI=1S/C20H29N5OS.HI/c1-20(2,3)16-13-27-17(24-16)12-23-19(21-4)22-11-14-7-9-15(10-8-14)18(26)25(5)6;/h7-10,13H,11-12H2,1-6H3,(H2,21,22,23);1H. The van der Waals surface area contributed by atoms with Crippen LogP contribution in [0.5, 0.6) is 0 Å². The molecule has 0 radical (unpaired) electrons. The third-order valence-electron chi connectivity index (χ3n) is 4.02. The van der Waals surface area contributed by atoms with Gasteiger partial charge in [-0.3, -0.25) is 9.79 Å². The predicted octanol–water partition coefficient (Wildman–Crippen LogP) is 3.63. The number of nitrogens with zero attached hydrogens (tertiary/aromatic N) is 3. The van der Waals surface area contributed by atoms with Gasteiger partial charge in [-0.1, -0.05) is 32.9 Å². The summed E-state index contributed by atoms with van der Waals surface area (Å²) in [6.07, 6.45) is 0. The van der Waals surface area contributed by atoms with Crippen molar-refractivity contribution in [1.29, 1.82) is 0 Å². The Morgan fingerprint density at radius 3 is 2.25 bits per heavy atom. The summed E-state index contributed by atoms with van der Waals surface area (Å²) in [7, 11) is 5.25. The van der Waals surface area contributed by atoms with Crippen molar-refractivity contribution in [3.05, 3.63) is 51.5 Å². The second-order valence-electron chi connectivity index (χ2n) is 7.55. The fourth-order valence-corrected chi connectivity index (χ4v) is 3.29. The van der Waals surface area contributed by atoms with Gasteiger partial charge in [0.2, 0.25) is 0 Å². The molecule has 0 fully saturated rings. The molecule has 0 aliphatic rings. The normalized spacial score (nSPS) is 11.6. The smallest absolute Gasteiger partial charge is 0.253 e. The van der Waals surface area contributed by atoms with Crippen molar-refractivity contribution in [2.75, 3.05) is 21.1 Å². The molecule has 154 valence electrons. The average Bonchev–Trinajstić information content (AvgIpc) is 3.11. The van der Waals surface area contributed by atoms with Crippen LogP contribution < -0.4 is 10.6 Å². The van der Waals surface area contributed by atoms with E-state index in [1.54, 1.807) is 37.4 Å². The van der Waals surface area contributed by atoms with E-state index in [1.165, 1.54) is 0 Å². The first-order chi connectivity index (χ1) is 12.7. The lowest BCUT2D eigenvalue weighted by Gasteiger charge is -2.14. The predicted molar refractivity (Wildman–Crippen MR) is 128 cm³/mol. The van der Waals surface area contributed by atoms with E-state index >= 15 is 0 Å². The van der Waals surface area contributed by atoms with Crippen LogP contribution in [0.25, 0.3) is 0 Å². The van der Waals surface area contributed by atoms with Crippen LogP contribution in [-0.4, -0.2) is 42.9 Å². The van der Waals surface area contributed by atoms with Gasteiger partial charge in [-0.2, -0.15) is 0 Å². The lowest BCUT2D eigenvalue weighted by Crippen LogP contribution is -2.36. The van der Waals surface area contributed by atoms with Crippen LogP contribution >= 0.6 is 35.3 Å². The van der Waals surface area contributed by atoms with Gasteiger partial charge >= 0.3 is 0 Å². The molecule has 0 bridgehead atoms. The Kier molecular flexibility index (Phi) is 9.35. The highest BCUT2D eigenvalue weighted by Gasteiger charge is 2.17. The summed E-state index contributed by atoms with van der Waals surface area (Å²) in [5.74, 6) is 0.723. The number of hydrogen-bond donors (Lipinski definition) is 2. The third kappa shape index (κ3) is 7.05. The summed E-state index contributed by atoms with van der Waals surface area (Å²) >= 11 is 1.66. The quantitative estimate of drug-likeness (QED) is 0.363. The molecule has 0 aliphatic heterocycles. The molecule has 1 amide bonds. The maximum absolute atomic E-state index is 11.9. The molecule has 0 spiro atoms. The number of carbonyl (C=O) groups is 1. The molecule has 2 rings (SSSR count). The van der Waals surface area contributed by atoms with E-state index in [1.807, 2.05) is 24.3 Å². The highest BCUT2D eigenvalue weighted by atomic mass is 127. The number of halogens is 1. The van der Waals surface area contributed by atoms with E-state index in [9.17, 15) is 4.79 Å². The van der Waals surface area contributed by atoms with Crippen molar-refractivity contribution < 1.29 is 4.79 Å². The molecule has 1 heterocycles. The number of rotatable bonds is 5. The molecule has 0 unspecified atom stereocenters. The maximum atomic E-state index is 11.9. The Labute approximate surface area is 188 Å². The summed E-state index contributed by atoms with van der Waals surface area (Å²) in [5.41, 5.74) is 2.94. The van der Waals surface area contributed by atoms with E-state index in [0.717, 1.165) is 22.2 Å². The first kappa shape index (κ1) is 24.4. The van der Waals surface area contributed by atoms with Crippen LogP contribution in [-0.2, 0) is 18.5 Å². The van der Waals surface area contributed by atoms with Gasteiger partial charge < -0.3 is 15.5 Å². The van der Waals surface area contributed by atoms with Crippen LogP contribution in [0.1, 0.15) is 47.4 Å². The number of hydrogen-bond acceptors (Lipinski definition) is 4. The van der Waals surface area contributed by atoms with Gasteiger partial charge in [-0.15, -0.1) is 35.3 Å². The molecule has 2 N–H and O–H groups in total. The zero-order valence-electron chi connectivity index (χ0n) is 17.4. The minimum Gasteiger partial charge on any atom is -0.352 e. The van der Waals surface area contributed by atoms with E-state index in [2.05, 4.69) is 46.8 Å². The highest BCUT2D eigenvalue weighted by molar-refractivity contribution is 14.0. The number of carbonyl (C=O) groups excluding carboxylic acids is 1. The molecule has 1 aromatic heterocycles. The van der Waals surface area contributed by atoms with Crippen molar-refractivity contribution in [3.8, 4) is 0 Å². The van der Waals surface area contributed by atoms with E-state index in [0.29, 0.717) is 18.7 Å². The summed E-state index contributed by atoms with van der Waals surface area (Å²) in [4.78, 5) is 22.4. The molecule has 0 aliphatic carbocycles. The first-order valence-corrected chi connectivity index (χ1v) is 9.78. The van der Waals surface area contributed by atoms with E-state index in [4.69, 9.17) is 0 Å². The van der Waals surface area contributed by atoms with Gasteiger partial charge in [0, 0.05) is 44.0 Å². The van der Waals surface area contributed by atoms with Gasteiger partial charge in [0.05, 0.1) is 12.2 Å². The fraction of sp³-hybridized carbons (Fsp3) is 0.450. The fourth-order valence-electron chi connectivity index (χ4n) is 2.33. The zero-order chi connectivity index (χ0) is 20.0. The molecule has 28 heavy (non-hydrogen) atoms. The van der Waals surface area contributed by atoms with Gasteiger partial charge in [0.25, 0.3) is 5.91 Å². The third-order valence-corrected chi connectivity index (χ3v) is 4.87. The van der Waals surface area contributed by atoms with Gasteiger partial charge in [0.1, 0.15) is 5.01 Å². The number of guanidine groups is 1. The molecule has 8 heteroatoms. The molecule has 0 atom stereocenters. The number of benzene rings is 1. The molecular formula is C20H30IN5OS. The summed E-state index contributed by atoms with van der Waals surface area (Å²) in [5, 5.41) is 9.73. The Hall–Kier alpha value is -1.68. The Balaban J connectivity index is 0.00000392. The van der Waals surface area contributed by atoms with Crippen LogP contribution in [0.2, 0.25) is 0 Å². The Morgan fingerprint density at radius 2 is 1.75 bits per heavy atom. The lowest BCUT2D eigenvalue weighted by molar-refractivity contribution is 0.0827. The van der Waals surface area contributed by atoms with Crippen LogP contribution in [0, 0.1) is 0 Å². The molecule has 1 aromatic carbocycles. The van der Waals surface area contributed by atoms with Crippen molar-refractivity contribution in [3.63, 3.8) is 0 Å². The summed E-state index contributed by atoms with van der Waals surface area (Å²) < 4.78 is 0. The highest BCUT2D eigenvalue weighted by Crippen LogP contribution is 2.23. The van der Waals surface area contributed by atoms with Crippen LogP contribution in [0.3, 0.4) is 0 Å². The Bertz CT molecular complexity index is 794. The minimum atomic E-state index is 0. The van der Waals surface area contributed by atoms with Crippen molar-refractivity contribution >= 4 is 47.2 Å². The molecular weight excluding hydrogens is 485 g/mol. The Morgan fingerprint density at radius 1 is 1.14 bits per heavy atom. The molecule has 0 saturated heterocycles. The summed E-state index contributed by atoms with van der Waals surface area (Å²) in [6.45, 7) is 7.75. The second kappa shape index (κ2) is 10.8. The number of aromatic nitrogens is 1. The molecule has 2 aromatic rings. The molecule has 6 nitrogen and oxygen atoms in total. The van der Waals surface area contributed by atoms with Crippen molar-refractivity contribution in [1.82, 2.24) is 20.5 Å².